The van der Waals surface area contributed by atoms with Gasteiger partial charge in [-0.25, -0.2) is 0 Å². The lowest BCUT2D eigenvalue weighted by molar-refractivity contribution is 0.102. The molecule has 2 aromatic carbocycles. The molecule has 0 radical (unpaired) electrons. The van der Waals surface area contributed by atoms with E-state index in [1.54, 1.807) is 12.1 Å². The number of carbonyl (C=O) groups is 1. The Morgan fingerprint density at radius 3 is 2.32 bits per heavy atom. The Morgan fingerprint density at radius 2 is 1.68 bits per heavy atom. The van der Waals surface area contributed by atoms with Gasteiger partial charge >= 0.3 is 0 Å². The summed E-state index contributed by atoms with van der Waals surface area (Å²) in [5.74, 6) is -0.114. The first-order valence-electron chi connectivity index (χ1n) is 7.18. The van der Waals surface area contributed by atoms with Crippen molar-refractivity contribution >= 4 is 17.3 Å². The number of nitrogens with zero attached hydrogens (tertiary/aromatic N) is 1. The Labute approximate surface area is 131 Å². The Balaban J connectivity index is 2.15. The van der Waals surface area contributed by atoms with Crippen molar-refractivity contribution in [3.8, 4) is 0 Å². The minimum Gasteiger partial charge on any atom is -0.364 e. The third-order valence-electron chi connectivity index (χ3n) is 3.20. The van der Waals surface area contributed by atoms with Crippen LogP contribution in [-0.4, -0.2) is 19.0 Å². The molecule has 1 N–H and O–H groups in total. The molecule has 0 aliphatic heterocycles. The van der Waals surface area contributed by atoms with Crippen LogP contribution in [0.25, 0.3) is 0 Å². The zero-order valence-electron chi connectivity index (χ0n) is 12.5. The van der Waals surface area contributed by atoms with E-state index in [4.69, 9.17) is 0 Å². The predicted molar refractivity (Wildman–Crippen MR) is 93.4 cm³/mol. The van der Waals surface area contributed by atoms with Crippen LogP contribution in [0, 0.1) is 0 Å². The molecule has 0 saturated heterocycles. The fourth-order valence-electron chi connectivity index (χ4n) is 2.17. The van der Waals surface area contributed by atoms with E-state index in [1.807, 2.05) is 54.6 Å². The molecule has 0 spiro atoms. The highest BCUT2D eigenvalue weighted by molar-refractivity contribution is 6.04. The normalized spacial score (nSPS) is 9.82. The summed E-state index contributed by atoms with van der Waals surface area (Å²) in [6.45, 7) is 8.99. The summed E-state index contributed by atoms with van der Waals surface area (Å²) >= 11 is 0. The van der Waals surface area contributed by atoms with Crippen LogP contribution in [0.2, 0.25) is 0 Å². The molecule has 0 aliphatic carbocycles. The van der Waals surface area contributed by atoms with Crippen LogP contribution in [0.5, 0.6) is 0 Å². The molecule has 2 aromatic rings. The monoisotopic (exact) mass is 292 g/mol. The number of hydrogen-bond donors (Lipinski definition) is 1. The van der Waals surface area contributed by atoms with Crippen LogP contribution in [-0.2, 0) is 0 Å². The van der Waals surface area contributed by atoms with E-state index >= 15 is 0 Å². The van der Waals surface area contributed by atoms with Gasteiger partial charge in [0.1, 0.15) is 0 Å². The molecule has 2 rings (SSSR count). The molecule has 0 aliphatic rings. The molecular weight excluding hydrogens is 272 g/mol. The van der Waals surface area contributed by atoms with Gasteiger partial charge < -0.3 is 10.2 Å². The summed E-state index contributed by atoms with van der Waals surface area (Å²) < 4.78 is 0. The summed E-state index contributed by atoms with van der Waals surface area (Å²) in [5, 5.41) is 2.92. The maximum Gasteiger partial charge on any atom is 0.255 e. The smallest absolute Gasteiger partial charge is 0.255 e. The van der Waals surface area contributed by atoms with Gasteiger partial charge in [0, 0.05) is 30.0 Å². The second kappa shape index (κ2) is 7.84. The molecule has 0 heterocycles. The molecule has 3 heteroatoms. The lowest BCUT2D eigenvalue weighted by Gasteiger charge is -2.22. The van der Waals surface area contributed by atoms with Gasteiger partial charge in [0.15, 0.2) is 0 Å². The molecule has 1 amide bonds. The molecule has 3 nitrogen and oxygen atoms in total. The van der Waals surface area contributed by atoms with Gasteiger partial charge in [-0.1, -0.05) is 36.4 Å². The number of carbonyl (C=O) groups excluding carboxylic acids is 1. The molecule has 0 unspecified atom stereocenters. The van der Waals surface area contributed by atoms with Gasteiger partial charge in [-0.15, -0.1) is 13.2 Å². The first-order chi connectivity index (χ1) is 10.7. The van der Waals surface area contributed by atoms with E-state index in [2.05, 4.69) is 23.4 Å². The van der Waals surface area contributed by atoms with Gasteiger partial charge in [-0.2, -0.15) is 0 Å². The SMILES string of the molecule is C=CCN(CC=C)c1cccc(NC(=O)c2ccccc2)c1. The lowest BCUT2D eigenvalue weighted by Crippen LogP contribution is -2.23. The first kappa shape index (κ1) is 15.6. The quantitative estimate of drug-likeness (QED) is 0.779. The molecule has 22 heavy (non-hydrogen) atoms. The van der Waals surface area contributed by atoms with Gasteiger partial charge in [-0.05, 0) is 30.3 Å². The molecule has 0 saturated carbocycles. The second-order valence-corrected chi connectivity index (χ2v) is 4.85. The lowest BCUT2D eigenvalue weighted by atomic mass is 10.2. The van der Waals surface area contributed by atoms with E-state index in [1.165, 1.54) is 0 Å². The second-order valence-electron chi connectivity index (χ2n) is 4.85. The minimum atomic E-state index is -0.114. The molecule has 0 atom stereocenters. The van der Waals surface area contributed by atoms with E-state index in [9.17, 15) is 4.79 Å². The first-order valence-corrected chi connectivity index (χ1v) is 7.18. The molecule has 0 fully saturated rings. The summed E-state index contributed by atoms with van der Waals surface area (Å²) in [7, 11) is 0. The maximum atomic E-state index is 12.2. The average Bonchev–Trinajstić information content (AvgIpc) is 2.56. The number of nitrogens with one attached hydrogen (secondary N) is 1. The highest BCUT2D eigenvalue weighted by atomic mass is 16.1. The standard InChI is InChI=1S/C19H20N2O/c1-3-13-21(14-4-2)18-12-8-11-17(15-18)20-19(22)16-9-6-5-7-10-16/h3-12,15H,1-2,13-14H2,(H,20,22). The fourth-order valence-corrected chi connectivity index (χ4v) is 2.17. The molecule has 0 aromatic heterocycles. The third-order valence-corrected chi connectivity index (χ3v) is 3.20. The fraction of sp³-hybridized carbons (Fsp3) is 0.105. The number of hydrogen-bond acceptors (Lipinski definition) is 2. The van der Waals surface area contributed by atoms with Crippen molar-refractivity contribution < 1.29 is 4.79 Å². The Kier molecular flexibility index (Phi) is 5.55. The van der Waals surface area contributed by atoms with Crippen molar-refractivity contribution in [1.82, 2.24) is 0 Å². The number of anilines is 2. The van der Waals surface area contributed by atoms with Crippen molar-refractivity contribution in [1.29, 1.82) is 0 Å². The predicted octanol–water partition coefficient (Wildman–Crippen LogP) is 4.12. The molecular formula is C19H20N2O. The van der Waals surface area contributed by atoms with Crippen LogP contribution < -0.4 is 10.2 Å². The van der Waals surface area contributed by atoms with Gasteiger partial charge in [0.05, 0.1) is 0 Å². The average molecular weight is 292 g/mol. The maximum absolute atomic E-state index is 12.2. The highest BCUT2D eigenvalue weighted by Gasteiger charge is 2.07. The van der Waals surface area contributed by atoms with E-state index in [-0.39, 0.29) is 5.91 Å². The van der Waals surface area contributed by atoms with Crippen molar-refractivity contribution in [3.05, 3.63) is 85.5 Å². The minimum absolute atomic E-state index is 0.114. The number of rotatable bonds is 7. The Hall–Kier alpha value is -2.81. The molecule has 0 bridgehead atoms. The summed E-state index contributed by atoms with van der Waals surface area (Å²) in [4.78, 5) is 14.3. The van der Waals surface area contributed by atoms with Gasteiger partial charge in [0.2, 0.25) is 0 Å². The van der Waals surface area contributed by atoms with Crippen molar-refractivity contribution in [2.45, 2.75) is 0 Å². The summed E-state index contributed by atoms with van der Waals surface area (Å²) in [5.41, 5.74) is 2.43. The van der Waals surface area contributed by atoms with Gasteiger partial charge in [-0.3, -0.25) is 4.79 Å². The zero-order valence-corrected chi connectivity index (χ0v) is 12.5. The van der Waals surface area contributed by atoms with E-state index in [0.29, 0.717) is 5.56 Å². The van der Waals surface area contributed by atoms with E-state index in [0.717, 1.165) is 24.5 Å². The molecule has 112 valence electrons. The van der Waals surface area contributed by atoms with Crippen molar-refractivity contribution in [2.75, 3.05) is 23.3 Å². The zero-order chi connectivity index (χ0) is 15.8. The van der Waals surface area contributed by atoms with Crippen LogP contribution in [0.15, 0.2) is 79.9 Å². The Morgan fingerprint density at radius 1 is 1.00 bits per heavy atom. The van der Waals surface area contributed by atoms with Crippen LogP contribution in [0.3, 0.4) is 0 Å². The van der Waals surface area contributed by atoms with E-state index < -0.39 is 0 Å². The summed E-state index contributed by atoms with van der Waals surface area (Å²) in [6.07, 6.45) is 3.69. The highest BCUT2D eigenvalue weighted by Crippen LogP contribution is 2.20. The van der Waals surface area contributed by atoms with Crippen molar-refractivity contribution in [3.63, 3.8) is 0 Å². The Bertz CT molecular complexity index is 639. The van der Waals surface area contributed by atoms with Crippen molar-refractivity contribution in [2.24, 2.45) is 0 Å². The van der Waals surface area contributed by atoms with Crippen LogP contribution in [0.1, 0.15) is 10.4 Å². The number of amides is 1. The third kappa shape index (κ3) is 4.09. The largest absolute Gasteiger partial charge is 0.364 e. The topological polar surface area (TPSA) is 32.3 Å². The van der Waals surface area contributed by atoms with Crippen LogP contribution in [0.4, 0.5) is 11.4 Å². The van der Waals surface area contributed by atoms with Crippen LogP contribution >= 0.6 is 0 Å². The number of benzene rings is 2. The van der Waals surface area contributed by atoms with Gasteiger partial charge in [0.25, 0.3) is 5.91 Å². The summed E-state index contributed by atoms with van der Waals surface area (Å²) in [6, 6.07) is 16.9.